The summed E-state index contributed by atoms with van der Waals surface area (Å²) in [6.45, 7) is 7.13. The maximum Gasteiger partial charge on any atom is 0.274 e. The standard InChI is InChI=1S/C25H25N5O2S2/c1-13-5-4-6-16(7-13)22-21(28-15(3)34-22)24(32)29-11-17-8-18(17)19(29)9-26-23(31)20-10-27-25-30(20)14(2)12-33-25/h4-7,10,12,17-19H,8-9,11H2,1-3H3,(H,26,31)/t17-,18-,19-/m1/s1. The van der Waals surface area contributed by atoms with Crippen LogP contribution in [-0.4, -0.2) is 50.2 Å². The highest BCUT2D eigenvalue weighted by atomic mass is 32.1. The molecule has 0 bridgehead atoms. The fourth-order valence-electron chi connectivity index (χ4n) is 5.15. The minimum atomic E-state index is -0.157. The molecule has 34 heavy (non-hydrogen) atoms. The van der Waals surface area contributed by atoms with E-state index in [1.54, 1.807) is 17.5 Å². The van der Waals surface area contributed by atoms with Crippen LogP contribution in [-0.2, 0) is 0 Å². The molecule has 1 aliphatic heterocycles. The molecule has 2 aliphatic rings. The summed E-state index contributed by atoms with van der Waals surface area (Å²) in [7, 11) is 0. The summed E-state index contributed by atoms with van der Waals surface area (Å²) in [5.74, 6) is 0.775. The topological polar surface area (TPSA) is 79.6 Å². The highest BCUT2D eigenvalue weighted by Gasteiger charge is 2.54. The first-order chi connectivity index (χ1) is 16.4. The summed E-state index contributed by atoms with van der Waals surface area (Å²) in [6, 6.07) is 8.19. The normalized spacial score (nSPS) is 21.1. The summed E-state index contributed by atoms with van der Waals surface area (Å²) in [5, 5.41) is 5.95. The Kier molecular flexibility index (Phi) is 5.07. The van der Waals surface area contributed by atoms with Gasteiger partial charge in [0.25, 0.3) is 11.8 Å². The van der Waals surface area contributed by atoms with Crippen LogP contribution in [0.2, 0.25) is 0 Å². The van der Waals surface area contributed by atoms with Crippen LogP contribution in [0.15, 0.2) is 35.8 Å². The number of aromatic nitrogens is 3. The Balaban J connectivity index is 1.23. The van der Waals surface area contributed by atoms with Crippen LogP contribution in [0.4, 0.5) is 0 Å². The first kappa shape index (κ1) is 21.5. The molecule has 1 saturated carbocycles. The lowest BCUT2D eigenvalue weighted by Crippen LogP contribution is -2.46. The van der Waals surface area contributed by atoms with E-state index in [9.17, 15) is 9.59 Å². The van der Waals surface area contributed by atoms with E-state index >= 15 is 0 Å². The summed E-state index contributed by atoms with van der Waals surface area (Å²) < 4.78 is 1.88. The lowest BCUT2D eigenvalue weighted by atomic mass is 10.1. The number of thiazole rings is 2. The summed E-state index contributed by atoms with van der Waals surface area (Å²) >= 11 is 3.08. The molecule has 0 radical (unpaired) electrons. The van der Waals surface area contributed by atoms with Crippen molar-refractivity contribution in [2.75, 3.05) is 13.1 Å². The molecule has 0 spiro atoms. The largest absolute Gasteiger partial charge is 0.349 e. The smallest absolute Gasteiger partial charge is 0.274 e. The molecule has 9 heteroatoms. The molecule has 2 fully saturated rings. The number of hydrogen-bond donors (Lipinski definition) is 1. The van der Waals surface area contributed by atoms with Gasteiger partial charge in [-0.25, -0.2) is 9.97 Å². The van der Waals surface area contributed by atoms with Crippen LogP contribution in [0.1, 0.15) is 43.7 Å². The van der Waals surface area contributed by atoms with Gasteiger partial charge in [-0.1, -0.05) is 29.8 Å². The minimum Gasteiger partial charge on any atom is -0.349 e. The molecule has 1 saturated heterocycles. The number of imidazole rings is 1. The van der Waals surface area contributed by atoms with Crippen molar-refractivity contribution in [1.82, 2.24) is 24.6 Å². The third-order valence-corrected chi connectivity index (χ3v) is 8.88. The summed E-state index contributed by atoms with van der Waals surface area (Å²) in [4.78, 5) is 39.4. The SMILES string of the molecule is Cc1cccc(-c2sc(C)nc2C(=O)N2C[C@H]3C[C@H]3[C@H]2CNC(=O)c2cnc3scc(C)n23)c1. The fourth-order valence-corrected chi connectivity index (χ4v) is 6.90. The van der Waals surface area contributed by atoms with E-state index < -0.39 is 0 Å². The highest BCUT2D eigenvalue weighted by Crippen LogP contribution is 2.50. The second-order valence-corrected chi connectivity index (χ2v) is 11.4. The number of nitrogens with one attached hydrogen (secondary N) is 1. The number of benzene rings is 1. The molecule has 174 valence electrons. The number of carbonyl (C=O) groups excluding carboxylic acids is 2. The first-order valence-electron chi connectivity index (χ1n) is 11.5. The summed E-state index contributed by atoms with van der Waals surface area (Å²) in [6.07, 6.45) is 2.74. The van der Waals surface area contributed by atoms with Crippen LogP contribution in [0.3, 0.4) is 0 Å². The number of likely N-dealkylation sites (tertiary alicyclic amines) is 1. The maximum absolute atomic E-state index is 13.7. The average molecular weight is 492 g/mol. The zero-order valence-electron chi connectivity index (χ0n) is 19.2. The molecule has 4 aromatic rings. The molecule has 6 rings (SSSR count). The third-order valence-electron chi connectivity index (χ3n) is 6.90. The number of carbonyl (C=O) groups is 2. The molecule has 0 unspecified atom stereocenters. The van der Waals surface area contributed by atoms with Gasteiger partial charge >= 0.3 is 0 Å². The molecular weight excluding hydrogens is 466 g/mol. The van der Waals surface area contributed by atoms with Crippen LogP contribution in [0.5, 0.6) is 0 Å². The van der Waals surface area contributed by atoms with E-state index in [1.807, 2.05) is 40.7 Å². The predicted molar refractivity (Wildman–Crippen MR) is 134 cm³/mol. The van der Waals surface area contributed by atoms with Crippen molar-refractivity contribution in [2.24, 2.45) is 11.8 Å². The molecular formula is C25H25N5O2S2. The molecule has 3 atom stereocenters. The second kappa shape index (κ2) is 8.02. The monoisotopic (exact) mass is 491 g/mol. The Hall–Kier alpha value is -3.04. The molecule has 7 nitrogen and oxygen atoms in total. The molecule has 3 aromatic heterocycles. The number of nitrogens with zero attached hydrogens (tertiary/aromatic N) is 4. The molecule has 2 amide bonds. The lowest BCUT2D eigenvalue weighted by Gasteiger charge is -2.27. The van der Waals surface area contributed by atoms with E-state index in [0.717, 1.165) is 44.6 Å². The van der Waals surface area contributed by atoms with Crippen LogP contribution in [0.25, 0.3) is 15.4 Å². The van der Waals surface area contributed by atoms with Crippen LogP contribution < -0.4 is 5.32 Å². The van der Waals surface area contributed by atoms with Crippen molar-refractivity contribution >= 4 is 39.4 Å². The Morgan fingerprint density at radius 2 is 2.09 bits per heavy atom. The van der Waals surface area contributed by atoms with Crippen LogP contribution in [0, 0.1) is 32.6 Å². The average Bonchev–Trinajstić information content (AvgIpc) is 3.18. The zero-order chi connectivity index (χ0) is 23.6. The van der Waals surface area contributed by atoms with Crippen molar-refractivity contribution in [3.63, 3.8) is 0 Å². The first-order valence-corrected chi connectivity index (χ1v) is 13.2. The van der Waals surface area contributed by atoms with Gasteiger partial charge < -0.3 is 10.2 Å². The molecule has 4 heterocycles. The van der Waals surface area contributed by atoms with Gasteiger partial charge in [0.2, 0.25) is 0 Å². The summed E-state index contributed by atoms with van der Waals surface area (Å²) in [5.41, 5.74) is 4.23. The van der Waals surface area contributed by atoms with E-state index in [1.165, 1.54) is 11.3 Å². The number of fused-ring (bicyclic) bond motifs is 2. The van der Waals surface area contributed by atoms with Crippen molar-refractivity contribution in [1.29, 1.82) is 0 Å². The Bertz CT molecular complexity index is 1430. The Labute approximate surface area is 205 Å². The van der Waals surface area contributed by atoms with E-state index in [0.29, 0.717) is 29.8 Å². The van der Waals surface area contributed by atoms with Gasteiger partial charge in [-0.3, -0.25) is 14.0 Å². The van der Waals surface area contributed by atoms with Gasteiger partial charge in [0.1, 0.15) is 11.4 Å². The van der Waals surface area contributed by atoms with Crippen molar-refractivity contribution in [2.45, 2.75) is 33.2 Å². The van der Waals surface area contributed by atoms with Gasteiger partial charge in [-0.2, -0.15) is 0 Å². The van der Waals surface area contributed by atoms with Crippen molar-refractivity contribution in [3.8, 4) is 10.4 Å². The third kappa shape index (κ3) is 3.54. The minimum absolute atomic E-state index is 0.0131. The van der Waals surface area contributed by atoms with Gasteiger partial charge in [0.05, 0.1) is 22.1 Å². The molecule has 1 aliphatic carbocycles. The Morgan fingerprint density at radius 3 is 2.91 bits per heavy atom. The molecule has 1 aromatic carbocycles. The zero-order valence-corrected chi connectivity index (χ0v) is 20.9. The fraction of sp³-hybridized carbons (Fsp3) is 0.360. The van der Waals surface area contributed by atoms with Gasteiger partial charge in [-0.05, 0) is 44.6 Å². The molecule has 1 N–H and O–H groups in total. The van der Waals surface area contributed by atoms with E-state index in [-0.39, 0.29) is 17.9 Å². The van der Waals surface area contributed by atoms with E-state index in [2.05, 4.69) is 34.3 Å². The van der Waals surface area contributed by atoms with Crippen molar-refractivity contribution in [3.05, 3.63) is 63.5 Å². The Morgan fingerprint density at radius 1 is 1.24 bits per heavy atom. The maximum atomic E-state index is 13.7. The number of amides is 2. The van der Waals surface area contributed by atoms with Gasteiger partial charge in [0, 0.05) is 24.2 Å². The number of rotatable bonds is 5. The predicted octanol–water partition coefficient (Wildman–Crippen LogP) is 4.34. The number of aryl methyl sites for hydroxylation is 3. The van der Waals surface area contributed by atoms with Crippen LogP contribution >= 0.6 is 22.7 Å². The van der Waals surface area contributed by atoms with Gasteiger partial charge in [0.15, 0.2) is 4.96 Å². The van der Waals surface area contributed by atoms with E-state index in [4.69, 9.17) is 0 Å². The van der Waals surface area contributed by atoms with Crippen molar-refractivity contribution < 1.29 is 9.59 Å². The quantitative estimate of drug-likeness (QED) is 0.451. The number of hydrogen-bond acceptors (Lipinski definition) is 6. The highest BCUT2D eigenvalue weighted by molar-refractivity contribution is 7.15. The number of piperidine rings is 1. The van der Waals surface area contributed by atoms with Gasteiger partial charge in [-0.15, -0.1) is 22.7 Å². The lowest BCUT2D eigenvalue weighted by molar-refractivity contribution is 0.0690. The second-order valence-electron chi connectivity index (χ2n) is 9.31.